The third-order valence-electron chi connectivity index (χ3n) is 6.14. The number of amides is 2. The number of carbonyl (C=O) groups is 2. The number of hydrogen-bond donors (Lipinski definition) is 1. The van der Waals surface area contributed by atoms with Gasteiger partial charge in [0.2, 0.25) is 5.91 Å². The Balaban J connectivity index is 1.59. The number of fused-ring (bicyclic) bond motifs is 1. The number of rotatable bonds is 7. The van der Waals surface area contributed by atoms with Gasteiger partial charge in [0.25, 0.3) is 5.91 Å². The first-order chi connectivity index (χ1) is 16.8. The lowest BCUT2D eigenvalue weighted by atomic mass is 9.87. The summed E-state index contributed by atoms with van der Waals surface area (Å²) in [6, 6.07) is 22.8. The second-order valence-electron chi connectivity index (χ2n) is 9.37. The maximum atomic E-state index is 13.2. The van der Waals surface area contributed by atoms with Crippen LogP contribution in [0.5, 0.6) is 5.75 Å². The Bertz CT molecular complexity index is 1200. The van der Waals surface area contributed by atoms with Crippen molar-refractivity contribution < 1.29 is 14.3 Å². The summed E-state index contributed by atoms with van der Waals surface area (Å²) in [4.78, 5) is 27.9. The number of halogens is 1. The zero-order valence-corrected chi connectivity index (χ0v) is 21.1. The van der Waals surface area contributed by atoms with Gasteiger partial charge in [-0.25, -0.2) is 0 Å². The lowest BCUT2D eigenvalue weighted by Gasteiger charge is -2.38. The highest BCUT2D eigenvalue weighted by Gasteiger charge is 2.32. The van der Waals surface area contributed by atoms with E-state index in [0.29, 0.717) is 29.4 Å². The molecule has 0 saturated heterocycles. The molecule has 0 radical (unpaired) electrons. The molecule has 0 aromatic heterocycles. The zero-order chi connectivity index (χ0) is 24.9. The molecule has 182 valence electrons. The Kier molecular flexibility index (Phi) is 7.76. The van der Waals surface area contributed by atoms with E-state index < -0.39 is 6.10 Å². The number of nitrogens with zero attached hydrogens (tertiary/aromatic N) is 1. The molecule has 3 aromatic rings. The molecule has 1 N–H and O–H groups in total. The molecule has 1 aliphatic heterocycles. The van der Waals surface area contributed by atoms with E-state index in [4.69, 9.17) is 16.3 Å². The fraction of sp³-hybridized carbons (Fsp3) is 0.310. The maximum Gasteiger partial charge on any atom is 0.265 e. The molecule has 1 heterocycles. The highest BCUT2D eigenvalue weighted by Crippen LogP contribution is 2.38. The van der Waals surface area contributed by atoms with Crippen molar-refractivity contribution in [3.05, 3.63) is 94.5 Å². The van der Waals surface area contributed by atoms with Crippen LogP contribution in [0.15, 0.2) is 72.8 Å². The molecule has 0 spiro atoms. The summed E-state index contributed by atoms with van der Waals surface area (Å²) in [6.45, 7) is 6.52. The summed E-state index contributed by atoms with van der Waals surface area (Å²) < 4.78 is 6.04. The molecular formula is C29H31ClN2O3. The topological polar surface area (TPSA) is 58.6 Å². The van der Waals surface area contributed by atoms with Gasteiger partial charge in [-0.1, -0.05) is 67.9 Å². The summed E-state index contributed by atoms with van der Waals surface area (Å²) in [6.07, 6.45) is 0.577. The van der Waals surface area contributed by atoms with Crippen LogP contribution in [0.25, 0.3) is 0 Å². The molecule has 0 bridgehead atoms. The molecule has 1 aliphatic rings. The Hall–Kier alpha value is -3.31. The molecule has 3 aromatic carbocycles. The van der Waals surface area contributed by atoms with Crippen molar-refractivity contribution in [1.29, 1.82) is 0 Å². The van der Waals surface area contributed by atoms with E-state index in [9.17, 15) is 9.59 Å². The van der Waals surface area contributed by atoms with E-state index in [1.54, 1.807) is 31.2 Å². The van der Waals surface area contributed by atoms with Crippen LogP contribution in [-0.4, -0.2) is 29.4 Å². The fourth-order valence-electron chi connectivity index (χ4n) is 4.46. The van der Waals surface area contributed by atoms with Gasteiger partial charge in [-0.05, 0) is 66.3 Å². The summed E-state index contributed by atoms with van der Waals surface area (Å²) >= 11 is 6.02. The van der Waals surface area contributed by atoms with Crippen LogP contribution in [0.2, 0.25) is 5.02 Å². The van der Waals surface area contributed by atoms with E-state index in [-0.39, 0.29) is 23.8 Å². The highest BCUT2D eigenvalue weighted by atomic mass is 35.5. The predicted molar refractivity (Wildman–Crippen MR) is 140 cm³/mol. The average molecular weight is 491 g/mol. The lowest BCUT2D eigenvalue weighted by Crippen LogP contribution is -2.41. The number of ether oxygens (including phenoxy) is 1. The first kappa shape index (κ1) is 24.8. The highest BCUT2D eigenvalue weighted by molar-refractivity contribution is 6.30. The largest absolute Gasteiger partial charge is 0.481 e. The average Bonchev–Trinajstić information content (AvgIpc) is 2.83. The van der Waals surface area contributed by atoms with Crippen molar-refractivity contribution >= 4 is 29.1 Å². The molecule has 2 amide bonds. The molecule has 0 unspecified atom stereocenters. The van der Waals surface area contributed by atoms with Crippen molar-refractivity contribution in [3.63, 3.8) is 0 Å². The van der Waals surface area contributed by atoms with E-state index in [2.05, 4.69) is 31.3 Å². The van der Waals surface area contributed by atoms with Crippen LogP contribution in [0.1, 0.15) is 49.9 Å². The van der Waals surface area contributed by atoms with Gasteiger partial charge in [0.1, 0.15) is 5.75 Å². The molecule has 5 nitrogen and oxygen atoms in total. The molecule has 0 saturated carbocycles. The van der Waals surface area contributed by atoms with E-state index >= 15 is 0 Å². The van der Waals surface area contributed by atoms with Gasteiger partial charge in [-0.2, -0.15) is 0 Å². The van der Waals surface area contributed by atoms with Crippen LogP contribution in [-0.2, 0) is 16.0 Å². The number of benzene rings is 3. The molecule has 35 heavy (non-hydrogen) atoms. The Morgan fingerprint density at radius 3 is 2.51 bits per heavy atom. The number of anilines is 1. The first-order valence-electron chi connectivity index (χ1n) is 12.0. The Morgan fingerprint density at radius 1 is 1.03 bits per heavy atom. The summed E-state index contributed by atoms with van der Waals surface area (Å²) in [5, 5.41) is 3.39. The van der Waals surface area contributed by atoms with Crippen molar-refractivity contribution in [2.24, 2.45) is 5.92 Å². The van der Waals surface area contributed by atoms with Crippen molar-refractivity contribution in [2.75, 3.05) is 11.9 Å². The number of hydrogen-bond acceptors (Lipinski definition) is 3. The number of carbonyl (C=O) groups excluding carboxylic acids is 2. The molecule has 2 atom stereocenters. The SMILES string of the molecule is CC(C)CC(=O)N1CCc2ccc(O[C@H](C)C(=O)Nc3cccc(Cl)c3)cc2[C@H]1c1ccccc1. The van der Waals surface area contributed by atoms with Crippen molar-refractivity contribution in [1.82, 2.24) is 4.90 Å². The lowest BCUT2D eigenvalue weighted by molar-refractivity contribution is -0.134. The van der Waals surface area contributed by atoms with Crippen molar-refractivity contribution in [2.45, 2.75) is 45.8 Å². The fourth-order valence-corrected chi connectivity index (χ4v) is 4.65. The minimum atomic E-state index is -0.718. The Morgan fingerprint density at radius 2 is 1.80 bits per heavy atom. The van der Waals surface area contributed by atoms with Crippen LogP contribution >= 0.6 is 11.6 Å². The standard InChI is InChI=1S/C29H31ClN2O3/c1-19(2)16-27(33)32-15-14-21-12-13-25(18-26(21)28(32)22-8-5-4-6-9-22)35-20(3)29(34)31-24-11-7-10-23(30)17-24/h4-13,17-20,28H,14-16H2,1-3H3,(H,31,34)/t20-,28-/m1/s1. The second-order valence-corrected chi connectivity index (χ2v) is 9.81. The molecule has 0 fully saturated rings. The molecule has 0 aliphatic carbocycles. The van der Waals surface area contributed by atoms with Crippen LogP contribution in [0, 0.1) is 5.92 Å². The normalized spacial score (nSPS) is 15.9. The van der Waals surface area contributed by atoms with E-state index in [0.717, 1.165) is 17.5 Å². The van der Waals surface area contributed by atoms with Gasteiger partial charge in [-0.15, -0.1) is 0 Å². The summed E-state index contributed by atoms with van der Waals surface area (Å²) in [5.74, 6) is 0.767. The van der Waals surface area contributed by atoms with E-state index in [1.165, 1.54) is 5.56 Å². The van der Waals surface area contributed by atoms with Gasteiger partial charge in [0, 0.05) is 23.7 Å². The summed E-state index contributed by atoms with van der Waals surface area (Å²) in [5.41, 5.74) is 3.91. The minimum absolute atomic E-state index is 0.153. The Labute approximate surface area is 212 Å². The molecule has 6 heteroatoms. The first-order valence-corrected chi connectivity index (χ1v) is 12.4. The maximum absolute atomic E-state index is 13.2. The third kappa shape index (κ3) is 6.04. The molecular weight excluding hydrogens is 460 g/mol. The van der Waals surface area contributed by atoms with E-state index in [1.807, 2.05) is 41.3 Å². The minimum Gasteiger partial charge on any atom is -0.481 e. The van der Waals surface area contributed by atoms with Gasteiger partial charge < -0.3 is 15.0 Å². The van der Waals surface area contributed by atoms with Crippen LogP contribution < -0.4 is 10.1 Å². The van der Waals surface area contributed by atoms with Gasteiger partial charge >= 0.3 is 0 Å². The predicted octanol–water partition coefficient (Wildman–Crippen LogP) is 6.27. The summed E-state index contributed by atoms with van der Waals surface area (Å²) in [7, 11) is 0. The monoisotopic (exact) mass is 490 g/mol. The zero-order valence-electron chi connectivity index (χ0n) is 20.3. The molecule has 4 rings (SSSR count). The van der Waals surface area contributed by atoms with Gasteiger partial charge in [0.05, 0.1) is 6.04 Å². The van der Waals surface area contributed by atoms with Crippen LogP contribution in [0.3, 0.4) is 0 Å². The number of nitrogens with one attached hydrogen (secondary N) is 1. The van der Waals surface area contributed by atoms with Gasteiger partial charge in [-0.3, -0.25) is 9.59 Å². The smallest absolute Gasteiger partial charge is 0.265 e. The third-order valence-corrected chi connectivity index (χ3v) is 6.37. The van der Waals surface area contributed by atoms with Crippen LogP contribution in [0.4, 0.5) is 5.69 Å². The second kappa shape index (κ2) is 11.0. The quantitative estimate of drug-likeness (QED) is 0.425. The van der Waals surface area contributed by atoms with Gasteiger partial charge in [0.15, 0.2) is 6.10 Å². The van der Waals surface area contributed by atoms with Crippen molar-refractivity contribution in [3.8, 4) is 5.75 Å².